The fourth-order valence-corrected chi connectivity index (χ4v) is 2.36. The molecule has 0 aliphatic heterocycles. The quantitative estimate of drug-likeness (QED) is 0.496. The molecule has 1 atom stereocenters. The third-order valence-electron chi connectivity index (χ3n) is 3.39. The van der Waals surface area contributed by atoms with E-state index in [1.165, 1.54) is 0 Å². The van der Waals surface area contributed by atoms with Crippen LogP contribution in [0.2, 0.25) is 0 Å². The average Bonchev–Trinajstić information content (AvgIpc) is 2.51. The smallest absolute Gasteiger partial charge is 0.128 e. The van der Waals surface area contributed by atoms with Gasteiger partial charge in [0.15, 0.2) is 0 Å². The van der Waals surface area contributed by atoms with Gasteiger partial charge >= 0.3 is 0 Å². The second kappa shape index (κ2) is 5.43. The lowest BCUT2D eigenvalue weighted by Crippen LogP contribution is -2.29. The zero-order chi connectivity index (χ0) is 14.8. The molecule has 0 saturated carbocycles. The van der Waals surface area contributed by atoms with E-state index in [1.54, 1.807) is 18.6 Å². The Balaban J connectivity index is 2.11. The van der Waals surface area contributed by atoms with Crippen LogP contribution in [0.4, 0.5) is 5.82 Å². The van der Waals surface area contributed by atoms with Gasteiger partial charge in [-0.25, -0.2) is 10.4 Å². The lowest BCUT2D eigenvalue weighted by Gasteiger charge is -2.19. The zero-order valence-electron chi connectivity index (χ0n) is 11.6. The van der Waals surface area contributed by atoms with Crippen LogP contribution in [-0.2, 0) is 0 Å². The molecule has 2 aromatic heterocycles. The molecule has 106 valence electrons. The fraction of sp³-hybridized carbons (Fsp3) is 0.133. The van der Waals surface area contributed by atoms with Gasteiger partial charge in [-0.1, -0.05) is 6.07 Å². The first-order valence-corrected chi connectivity index (χ1v) is 6.58. The van der Waals surface area contributed by atoms with Crippen LogP contribution in [0.3, 0.4) is 0 Å². The van der Waals surface area contributed by atoms with Crippen molar-refractivity contribution in [1.82, 2.24) is 20.4 Å². The van der Waals surface area contributed by atoms with Gasteiger partial charge < -0.3 is 5.73 Å². The molecule has 0 amide bonds. The number of fused-ring (bicyclic) bond motifs is 1. The van der Waals surface area contributed by atoms with E-state index in [4.69, 9.17) is 11.6 Å². The summed E-state index contributed by atoms with van der Waals surface area (Å²) < 4.78 is 0. The summed E-state index contributed by atoms with van der Waals surface area (Å²) in [4.78, 5) is 12.8. The van der Waals surface area contributed by atoms with Gasteiger partial charge in [-0.05, 0) is 36.2 Å². The fourth-order valence-electron chi connectivity index (χ4n) is 2.36. The van der Waals surface area contributed by atoms with Crippen molar-refractivity contribution in [2.24, 2.45) is 5.84 Å². The largest absolute Gasteiger partial charge is 0.383 e. The van der Waals surface area contributed by atoms with Crippen molar-refractivity contribution in [3.05, 3.63) is 59.5 Å². The number of hydrogen-bond acceptors (Lipinski definition) is 6. The van der Waals surface area contributed by atoms with Crippen LogP contribution in [0.15, 0.2) is 42.9 Å². The number of anilines is 1. The first kappa shape index (κ1) is 13.4. The van der Waals surface area contributed by atoms with Crippen LogP contribution in [0, 0.1) is 6.92 Å². The normalized spacial score (nSPS) is 12.5. The van der Waals surface area contributed by atoms with Gasteiger partial charge in [0.2, 0.25) is 0 Å². The number of nitrogens with one attached hydrogen (secondary N) is 1. The van der Waals surface area contributed by atoms with Crippen LogP contribution in [0.1, 0.15) is 22.7 Å². The molecule has 1 unspecified atom stereocenters. The molecular weight excluding hydrogens is 264 g/mol. The van der Waals surface area contributed by atoms with E-state index >= 15 is 0 Å². The Morgan fingerprint density at radius 3 is 2.57 bits per heavy atom. The first-order valence-electron chi connectivity index (χ1n) is 6.58. The molecule has 3 rings (SSSR count). The van der Waals surface area contributed by atoms with Crippen molar-refractivity contribution in [3.63, 3.8) is 0 Å². The van der Waals surface area contributed by atoms with E-state index in [0.717, 1.165) is 27.7 Å². The van der Waals surface area contributed by atoms with Crippen molar-refractivity contribution in [1.29, 1.82) is 0 Å². The Labute approximate surface area is 122 Å². The number of benzene rings is 1. The highest BCUT2D eigenvalue weighted by atomic mass is 15.2. The van der Waals surface area contributed by atoms with Crippen LogP contribution in [0.5, 0.6) is 0 Å². The monoisotopic (exact) mass is 280 g/mol. The molecule has 6 heteroatoms. The molecule has 0 aliphatic carbocycles. The van der Waals surface area contributed by atoms with Crippen molar-refractivity contribution >= 4 is 16.9 Å². The SMILES string of the molecule is Cc1cnc(N)c(C(NN)c2ccc3nccnc3c2)c1. The Bertz CT molecular complexity index is 786. The second-order valence-corrected chi connectivity index (χ2v) is 4.89. The number of nitrogens with two attached hydrogens (primary N) is 2. The molecule has 2 heterocycles. The lowest BCUT2D eigenvalue weighted by atomic mass is 9.98. The number of aromatic nitrogens is 3. The van der Waals surface area contributed by atoms with Gasteiger partial charge in [0, 0.05) is 24.2 Å². The summed E-state index contributed by atoms with van der Waals surface area (Å²) in [7, 11) is 0. The summed E-state index contributed by atoms with van der Waals surface area (Å²) in [6.45, 7) is 1.97. The molecule has 0 saturated heterocycles. The third-order valence-corrected chi connectivity index (χ3v) is 3.39. The Kier molecular flexibility index (Phi) is 3.47. The maximum atomic E-state index is 5.98. The molecule has 1 aromatic carbocycles. The lowest BCUT2D eigenvalue weighted by molar-refractivity contribution is 0.636. The molecular formula is C15H16N6. The van der Waals surface area contributed by atoms with E-state index in [9.17, 15) is 0 Å². The van der Waals surface area contributed by atoms with Crippen molar-refractivity contribution in [2.45, 2.75) is 13.0 Å². The van der Waals surface area contributed by atoms with Crippen molar-refractivity contribution in [3.8, 4) is 0 Å². The van der Waals surface area contributed by atoms with E-state index in [1.807, 2.05) is 31.2 Å². The van der Waals surface area contributed by atoms with Gasteiger partial charge in [-0.2, -0.15) is 0 Å². The van der Waals surface area contributed by atoms with Crippen molar-refractivity contribution in [2.75, 3.05) is 5.73 Å². The Hall–Kier alpha value is -2.57. The highest BCUT2D eigenvalue weighted by Gasteiger charge is 2.17. The van der Waals surface area contributed by atoms with E-state index in [0.29, 0.717) is 5.82 Å². The minimum absolute atomic E-state index is 0.246. The number of aryl methyl sites for hydroxylation is 1. The molecule has 0 spiro atoms. The number of nitrogens with zero attached hydrogens (tertiary/aromatic N) is 3. The summed E-state index contributed by atoms with van der Waals surface area (Å²) in [6.07, 6.45) is 5.07. The molecule has 5 N–H and O–H groups in total. The molecule has 21 heavy (non-hydrogen) atoms. The van der Waals surface area contributed by atoms with E-state index in [-0.39, 0.29) is 6.04 Å². The summed E-state index contributed by atoms with van der Waals surface area (Å²) in [6, 6.07) is 7.57. The van der Waals surface area contributed by atoms with Gasteiger partial charge in [0.05, 0.1) is 17.1 Å². The summed E-state index contributed by atoms with van der Waals surface area (Å²) in [5.41, 5.74) is 13.3. The average molecular weight is 280 g/mol. The summed E-state index contributed by atoms with van der Waals surface area (Å²) >= 11 is 0. The van der Waals surface area contributed by atoms with Gasteiger partial charge in [-0.15, -0.1) is 0 Å². The van der Waals surface area contributed by atoms with Crippen LogP contribution < -0.4 is 17.0 Å². The van der Waals surface area contributed by atoms with Gasteiger partial charge in [-0.3, -0.25) is 15.8 Å². The molecule has 0 aliphatic rings. The second-order valence-electron chi connectivity index (χ2n) is 4.89. The number of rotatable bonds is 3. The number of hydrazine groups is 1. The Morgan fingerprint density at radius 2 is 1.81 bits per heavy atom. The molecule has 6 nitrogen and oxygen atoms in total. The van der Waals surface area contributed by atoms with Crippen LogP contribution in [-0.4, -0.2) is 15.0 Å². The van der Waals surface area contributed by atoms with E-state index in [2.05, 4.69) is 20.4 Å². The van der Waals surface area contributed by atoms with Crippen molar-refractivity contribution < 1.29 is 0 Å². The van der Waals surface area contributed by atoms with Gasteiger partial charge in [0.25, 0.3) is 0 Å². The minimum Gasteiger partial charge on any atom is -0.383 e. The predicted molar refractivity (Wildman–Crippen MR) is 82.1 cm³/mol. The standard InChI is InChI=1S/C15H16N6/c1-9-6-11(15(16)20-8-9)14(21-17)10-2-3-12-13(7-10)19-5-4-18-12/h2-8,14,21H,17H2,1H3,(H2,16,20). The highest BCUT2D eigenvalue weighted by molar-refractivity contribution is 5.74. The molecule has 0 fully saturated rings. The zero-order valence-corrected chi connectivity index (χ0v) is 11.6. The number of hydrogen-bond donors (Lipinski definition) is 3. The summed E-state index contributed by atoms with van der Waals surface area (Å²) in [5, 5.41) is 0. The van der Waals surface area contributed by atoms with Crippen LogP contribution >= 0.6 is 0 Å². The van der Waals surface area contributed by atoms with E-state index < -0.39 is 0 Å². The molecule has 0 bridgehead atoms. The predicted octanol–water partition coefficient (Wildman–Crippen LogP) is 1.47. The van der Waals surface area contributed by atoms with Gasteiger partial charge in [0.1, 0.15) is 5.82 Å². The topological polar surface area (TPSA) is 103 Å². The first-order chi connectivity index (χ1) is 10.2. The Morgan fingerprint density at radius 1 is 1.05 bits per heavy atom. The maximum Gasteiger partial charge on any atom is 0.128 e. The number of nitrogen functional groups attached to an aromatic ring is 1. The van der Waals surface area contributed by atoms with Crippen LogP contribution in [0.25, 0.3) is 11.0 Å². The number of pyridine rings is 1. The third kappa shape index (κ3) is 2.54. The maximum absolute atomic E-state index is 5.98. The highest BCUT2D eigenvalue weighted by Crippen LogP contribution is 2.27. The summed E-state index contributed by atoms with van der Waals surface area (Å²) in [5.74, 6) is 6.19. The molecule has 3 aromatic rings. The minimum atomic E-state index is -0.246. The molecule has 0 radical (unpaired) electrons.